The van der Waals surface area contributed by atoms with Crippen molar-refractivity contribution in [2.75, 3.05) is 26.9 Å². The van der Waals surface area contributed by atoms with Crippen molar-refractivity contribution in [2.24, 2.45) is 0 Å². The van der Waals surface area contributed by atoms with Crippen molar-refractivity contribution >= 4 is 8.97 Å². The Morgan fingerprint density at radius 3 is 1.89 bits per heavy atom. The predicted octanol–water partition coefficient (Wildman–Crippen LogP) is 2.38. The molecular formula is C13H28N2O3Si. The molecule has 0 aromatic rings. The van der Waals surface area contributed by atoms with E-state index < -0.39 is 8.97 Å². The minimum atomic E-state index is -2.80. The molecule has 5 nitrogen and oxygen atoms in total. The first-order valence-electron chi connectivity index (χ1n) is 7.25. The first-order chi connectivity index (χ1) is 9.15. The maximum Gasteiger partial charge on any atom is 0.634 e. The molecule has 0 aromatic carbocycles. The number of nitrogens with zero attached hydrogens (tertiary/aromatic N) is 2. The van der Waals surface area contributed by atoms with Crippen molar-refractivity contribution in [1.29, 1.82) is 0 Å². The zero-order valence-corrected chi connectivity index (χ0v) is 13.9. The molecule has 0 saturated heterocycles. The smallest absolute Gasteiger partial charge is 0.360 e. The van der Waals surface area contributed by atoms with Gasteiger partial charge in [0.25, 0.3) is 0 Å². The zero-order valence-electron chi connectivity index (χ0n) is 12.9. The lowest BCUT2D eigenvalue weighted by Gasteiger charge is -2.40. The third-order valence-corrected chi connectivity index (χ3v) is 6.14. The van der Waals surface area contributed by atoms with Gasteiger partial charge in [0, 0.05) is 39.3 Å². The second kappa shape index (κ2) is 7.89. The molecule has 1 aliphatic heterocycles. The normalized spacial score (nSPS) is 19.5. The Hall–Kier alpha value is -0.563. The van der Waals surface area contributed by atoms with Gasteiger partial charge in [0.2, 0.25) is 0 Å². The molecule has 0 amide bonds. The molecule has 0 bridgehead atoms. The molecule has 19 heavy (non-hydrogen) atoms. The average molecular weight is 288 g/mol. The van der Waals surface area contributed by atoms with Crippen LogP contribution in [0.4, 0.5) is 0 Å². The van der Waals surface area contributed by atoms with Crippen molar-refractivity contribution in [3.05, 3.63) is 12.4 Å². The molecule has 1 aliphatic rings. The lowest BCUT2D eigenvalue weighted by Crippen LogP contribution is -2.62. The van der Waals surface area contributed by atoms with Crippen LogP contribution < -0.4 is 0 Å². The summed E-state index contributed by atoms with van der Waals surface area (Å²) in [5.41, 5.74) is 0. The maximum absolute atomic E-state index is 5.96. The fourth-order valence-electron chi connectivity index (χ4n) is 2.34. The molecule has 1 heterocycles. The summed E-state index contributed by atoms with van der Waals surface area (Å²) in [4.78, 5) is 2.20. The van der Waals surface area contributed by atoms with E-state index in [1.165, 1.54) is 0 Å². The van der Waals surface area contributed by atoms with Gasteiger partial charge in [0.15, 0.2) is 0 Å². The van der Waals surface area contributed by atoms with Crippen LogP contribution in [0, 0.1) is 0 Å². The average Bonchev–Trinajstić information content (AvgIpc) is 2.73. The van der Waals surface area contributed by atoms with Crippen LogP contribution in [0.3, 0.4) is 0 Å². The molecular weight excluding hydrogens is 260 g/mol. The van der Waals surface area contributed by atoms with Gasteiger partial charge in [-0.2, -0.15) is 0 Å². The summed E-state index contributed by atoms with van der Waals surface area (Å²) in [6.07, 6.45) is 6.56. The standard InChI is InChI=1S/C13H28N2O3Si/c1-6-10-13-14(5)11-12-15(13)19(16-7-2,17-8-3)18-9-4/h11-13H,6-10H2,1-5H3. The van der Waals surface area contributed by atoms with Gasteiger partial charge in [0.05, 0.1) is 6.17 Å². The van der Waals surface area contributed by atoms with Gasteiger partial charge in [0.1, 0.15) is 0 Å². The second-order valence-electron chi connectivity index (χ2n) is 4.46. The lowest BCUT2D eigenvalue weighted by atomic mass is 10.3. The first kappa shape index (κ1) is 16.5. The highest BCUT2D eigenvalue weighted by atomic mass is 28.4. The van der Waals surface area contributed by atoms with Crippen molar-refractivity contribution in [3.63, 3.8) is 0 Å². The molecule has 1 rings (SSSR count). The fourth-order valence-corrected chi connectivity index (χ4v) is 5.06. The molecule has 0 saturated carbocycles. The topological polar surface area (TPSA) is 34.2 Å². The summed E-state index contributed by atoms with van der Waals surface area (Å²) in [7, 11) is -0.717. The van der Waals surface area contributed by atoms with E-state index in [1.54, 1.807) is 0 Å². The second-order valence-corrected chi connectivity index (χ2v) is 6.89. The van der Waals surface area contributed by atoms with E-state index in [9.17, 15) is 0 Å². The summed E-state index contributed by atoms with van der Waals surface area (Å²) in [6.45, 7) is 9.93. The van der Waals surface area contributed by atoms with Gasteiger partial charge in [-0.1, -0.05) is 13.3 Å². The molecule has 1 atom stereocenters. The number of hydrogen-bond donors (Lipinski definition) is 0. The molecule has 0 fully saturated rings. The van der Waals surface area contributed by atoms with Crippen molar-refractivity contribution < 1.29 is 13.3 Å². The van der Waals surface area contributed by atoms with Gasteiger partial charge in [-0.15, -0.1) is 0 Å². The highest BCUT2D eigenvalue weighted by molar-refractivity contribution is 6.58. The van der Waals surface area contributed by atoms with Crippen LogP contribution in [0.5, 0.6) is 0 Å². The van der Waals surface area contributed by atoms with Crippen molar-refractivity contribution in [1.82, 2.24) is 9.47 Å². The Kier molecular flexibility index (Phi) is 6.85. The van der Waals surface area contributed by atoms with E-state index in [1.807, 2.05) is 27.0 Å². The molecule has 6 heteroatoms. The van der Waals surface area contributed by atoms with Gasteiger partial charge in [-0.25, -0.2) is 0 Å². The van der Waals surface area contributed by atoms with Gasteiger partial charge >= 0.3 is 8.97 Å². The van der Waals surface area contributed by atoms with Crippen LogP contribution in [0.2, 0.25) is 0 Å². The van der Waals surface area contributed by atoms with Crippen molar-refractivity contribution in [3.8, 4) is 0 Å². The van der Waals surface area contributed by atoms with Crippen LogP contribution in [0.25, 0.3) is 0 Å². The fraction of sp³-hybridized carbons (Fsp3) is 0.846. The minimum absolute atomic E-state index is 0.265. The highest BCUT2D eigenvalue weighted by Gasteiger charge is 2.52. The van der Waals surface area contributed by atoms with Gasteiger partial charge < -0.3 is 22.7 Å². The van der Waals surface area contributed by atoms with E-state index in [0.29, 0.717) is 19.8 Å². The summed E-state index contributed by atoms with van der Waals surface area (Å²) in [5.74, 6) is 0. The van der Waals surface area contributed by atoms with E-state index in [-0.39, 0.29) is 6.17 Å². The van der Waals surface area contributed by atoms with E-state index in [2.05, 4.69) is 29.6 Å². The van der Waals surface area contributed by atoms with Crippen LogP contribution in [0.1, 0.15) is 40.5 Å². The van der Waals surface area contributed by atoms with E-state index in [0.717, 1.165) is 12.8 Å². The monoisotopic (exact) mass is 288 g/mol. The Labute approximate surface area is 118 Å². The molecule has 0 radical (unpaired) electrons. The van der Waals surface area contributed by atoms with Crippen LogP contribution >= 0.6 is 0 Å². The molecule has 112 valence electrons. The SMILES string of the molecule is CCCC1N(C)C=CN1[Si](OCC)(OCC)OCC. The van der Waals surface area contributed by atoms with E-state index >= 15 is 0 Å². The van der Waals surface area contributed by atoms with Gasteiger partial charge in [-0.3, -0.25) is 0 Å². The number of rotatable bonds is 9. The Morgan fingerprint density at radius 1 is 0.947 bits per heavy atom. The Morgan fingerprint density at radius 2 is 1.47 bits per heavy atom. The van der Waals surface area contributed by atoms with Crippen molar-refractivity contribution in [2.45, 2.75) is 46.7 Å². The Bertz CT molecular complexity index is 272. The third-order valence-electron chi connectivity index (χ3n) is 3.10. The lowest BCUT2D eigenvalue weighted by molar-refractivity contribution is 0.00884. The van der Waals surface area contributed by atoms with Crippen LogP contribution in [-0.4, -0.2) is 51.5 Å². The summed E-state index contributed by atoms with van der Waals surface area (Å²) in [6, 6.07) is 0. The molecule has 1 unspecified atom stereocenters. The molecule has 0 aliphatic carbocycles. The zero-order chi connectivity index (χ0) is 14.3. The third kappa shape index (κ3) is 3.72. The molecule has 0 spiro atoms. The van der Waals surface area contributed by atoms with Crippen LogP contribution in [-0.2, 0) is 13.3 Å². The first-order valence-corrected chi connectivity index (χ1v) is 8.92. The molecule has 0 N–H and O–H groups in total. The maximum atomic E-state index is 5.96. The van der Waals surface area contributed by atoms with Gasteiger partial charge in [-0.05, 0) is 27.2 Å². The largest absolute Gasteiger partial charge is 0.634 e. The summed E-state index contributed by atoms with van der Waals surface area (Å²) >= 11 is 0. The quantitative estimate of drug-likeness (QED) is 0.609. The summed E-state index contributed by atoms with van der Waals surface area (Å²) in [5, 5.41) is 0. The minimum Gasteiger partial charge on any atom is -0.360 e. The van der Waals surface area contributed by atoms with Crippen LogP contribution in [0.15, 0.2) is 12.4 Å². The predicted molar refractivity (Wildman–Crippen MR) is 78.1 cm³/mol. The Balaban J connectivity index is 2.96. The number of hydrogen-bond acceptors (Lipinski definition) is 5. The molecule has 0 aromatic heterocycles. The van der Waals surface area contributed by atoms with E-state index in [4.69, 9.17) is 13.3 Å². The highest BCUT2D eigenvalue weighted by Crippen LogP contribution is 2.27. The summed E-state index contributed by atoms with van der Waals surface area (Å²) < 4.78 is 20.1.